The van der Waals surface area contributed by atoms with E-state index in [-0.39, 0.29) is 5.91 Å². The van der Waals surface area contributed by atoms with Crippen molar-refractivity contribution in [2.45, 2.75) is 6.92 Å². The molecule has 148 valence electrons. The smallest absolute Gasteiger partial charge is 0.255 e. The molecular weight excluding hydrogens is 366 g/mol. The van der Waals surface area contributed by atoms with Crippen molar-refractivity contribution in [2.24, 2.45) is 0 Å². The molecular formula is C23H23N3O3. The Bertz CT molecular complexity index is 968. The van der Waals surface area contributed by atoms with Crippen LogP contribution < -0.4 is 15.0 Å². The van der Waals surface area contributed by atoms with Gasteiger partial charge in [-0.1, -0.05) is 0 Å². The van der Waals surface area contributed by atoms with Crippen molar-refractivity contribution in [2.75, 3.05) is 36.5 Å². The van der Waals surface area contributed by atoms with Gasteiger partial charge in [0.25, 0.3) is 5.91 Å². The average molecular weight is 389 g/mol. The van der Waals surface area contributed by atoms with Crippen LogP contribution in [0.15, 0.2) is 67.0 Å². The number of hydrogen-bond acceptors (Lipinski definition) is 5. The zero-order valence-electron chi connectivity index (χ0n) is 16.3. The number of ether oxygens (including phenoxy) is 2. The van der Waals surface area contributed by atoms with E-state index in [4.69, 9.17) is 9.47 Å². The van der Waals surface area contributed by atoms with E-state index in [1.807, 2.05) is 31.2 Å². The minimum absolute atomic E-state index is 0.153. The number of anilines is 2. The van der Waals surface area contributed by atoms with Crippen molar-refractivity contribution in [3.05, 3.63) is 78.1 Å². The van der Waals surface area contributed by atoms with Gasteiger partial charge in [0.15, 0.2) is 0 Å². The van der Waals surface area contributed by atoms with Gasteiger partial charge in [-0.05, 0) is 67.1 Å². The van der Waals surface area contributed by atoms with Crippen molar-refractivity contribution in [3.8, 4) is 11.5 Å². The van der Waals surface area contributed by atoms with Crippen LogP contribution in [0.4, 0.5) is 11.4 Å². The molecule has 29 heavy (non-hydrogen) atoms. The van der Waals surface area contributed by atoms with Crippen LogP contribution in [-0.4, -0.2) is 37.2 Å². The Labute approximate surface area is 170 Å². The number of aromatic nitrogens is 1. The lowest BCUT2D eigenvalue weighted by molar-refractivity contribution is 0.102. The molecule has 6 nitrogen and oxygen atoms in total. The number of hydrogen-bond donors (Lipinski definition) is 1. The van der Waals surface area contributed by atoms with Crippen LogP contribution in [0.1, 0.15) is 15.9 Å². The molecule has 1 aromatic heterocycles. The first-order valence-electron chi connectivity index (χ1n) is 9.62. The van der Waals surface area contributed by atoms with Crippen molar-refractivity contribution in [1.29, 1.82) is 0 Å². The quantitative estimate of drug-likeness (QED) is 0.706. The first-order chi connectivity index (χ1) is 14.2. The van der Waals surface area contributed by atoms with Crippen LogP contribution in [-0.2, 0) is 4.74 Å². The maximum atomic E-state index is 12.6. The summed E-state index contributed by atoms with van der Waals surface area (Å²) < 4.78 is 11.1. The lowest BCUT2D eigenvalue weighted by Gasteiger charge is -2.29. The number of amides is 1. The first-order valence-corrected chi connectivity index (χ1v) is 9.62. The third-order valence-corrected chi connectivity index (χ3v) is 4.82. The highest BCUT2D eigenvalue weighted by molar-refractivity contribution is 6.04. The Balaban J connectivity index is 1.41. The fraction of sp³-hybridized carbons (Fsp3) is 0.217. The largest absolute Gasteiger partial charge is 0.456 e. The van der Waals surface area contributed by atoms with Gasteiger partial charge in [0.1, 0.15) is 11.5 Å². The van der Waals surface area contributed by atoms with Gasteiger partial charge in [-0.15, -0.1) is 0 Å². The van der Waals surface area contributed by atoms with E-state index >= 15 is 0 Å². The van der Waals surface area contributed by atoms with E-state index in [9.17, 15) is 4.79 Å². The number of carbonyl (C=O) groups is 1. The number of pyridine rings is 1. The molecule has 0 bridgehead atoms. The second-order valence-corrected chi connectivity index (χ2v) is 6.87. The SMILES string of the molecule is Cc1cc(N2CCOCC2)ccc1NC(=O)c1ccc(Oc2cccnc2)cc1. The molecule has 1 N–H and O–H groups in total. The second kappa shape index (κ2) is 8.75. The summed E-state index contributed by atoms with van der Waals surface area (Å²) in [5.41, 5.74) is 3.56. The van der Waals surface area contributed by atoms with Gasteiger partial charge in [-0.2, -0.15) is 0 Å². The van der Waals surface area contributed by atoms with E-state index in [0.29, 0.717) is 17.1 Å². The molecule has 0 radical (unpaired) electrons. The van der Waals surface area contributed by atoms with Crippen LogP contribution in [0, 0.1) is 6.92 Å². The molecule has 1 aliphatic heterocycles. The Morgan fingerprint density at radius 3 is 2.55 bits per heavy atom. The fourth-order valence-corrected chi connectivity index (χ4v) is 3.22. The summed E-state index contributed by atoms with van der Waals surface area (Å²) >= 11 is 0. The molecule has 0 atom stereocenters. The Morgan fingerprint density at radius 2 is 1.86 bits per heavy atom. The average Bonchev–Trinajstić information content (AvgIpc) is 2.77. The van der Waals surface area contributed by atoms with Crippen molar-refractivity contribution < 1.29 is 14.3 Å². The normalized spacial score (nSPS) is 13.8. The third kappa shape index (κ3) is 4.73. The number of nitrogens with zero attached hydrogens (tertiary/aromatic N) is 2. The van der Waals surface area contributed by atoms with Gasteiger partial charge in [-0.25, -0.2) is 0 Å². The summed E-state index contributed by atoms with van der Waals surface area (Å²) in [6, 6.07) is 16.8. The summed E-state index contributed by atoms with van der Waals surface area (Å²) in [7, 11) is 0. The van der Waals surface area contributed by atoms with Crippen LogP contribution >= 0.6 is 0 Å². The van der Waals surface area contributed by atoms with Gasteiger partial charge < -0.3 is 19.7 Å². The summed E-state index contributed by atoms with van der Waals surface area (Å²) in [4.78, 5) is 18.9. The standard InChI is InChI=1S/C23H23N3O3/c1-17-15-19(26-11-13-28-14-12-26)6-9-22(17)25-23(27)18-4-7-20(8-5-18)29-21-3-2-10-24-16-21/h2-10,15-16H,11-14H2,1H3,(H,25,27). The molecule has 0 unspecified atom stereocenters. The van der Waals surface area contributed by atoms with Crippen molar-refractivity contribution in [1.82, 2.24) is 4.98 Å². The molecule has 1 amide bonds. The summed E-state index contributed by atoms with van der Waals surface area (Å²) in [5, 5.41) is 2.99. The Morgan fingerprint density at radius 1 is 1.07 bits per heavy atom. The summed E-state index contributed by atoms with van der Waals surface area (Å²) in [6.45, 7) is 5.28. The predicted octanol–water partition coefficient (Wildman–Crippen LogP) is 4.27. The van der Waals surface area contributed by atoms with Gasteiger partial charge >= 0.3 is 0 Å². The van der Waals surface area contributed by atoms with Gasteiger partial charge in [0.05, 0.1) is 19.4 Å². The molecule has 3 aromatic rings. The summed E-state index contributed by atoms with van der Waals surface area (Å²) in [6.07, 6.45) is 3.33. The Hall–Kier alpha value is -3.38. The molecule has 0 aliphatic carbocycles. The van der Waals surface area contributed by atoms with Crippen molar-refractivity contribution in [3.63, 3.8) is 0 Å². The number of carbonyl (C=O) groups excluding carboxylic acids is 1. The van der Waals surface area contributed by atoms with Crippen LogP contribution in [0.3, 0.4) is 0 Å². The molecule has 2 aromatic carbocycles. The van der Waals surface area contributed by atoms with E-state index in [1.54, 1.807) is 36.7 Å². The maximum absolute atomic E-state index is 12.6. The minimum Gasteiger partial charge on any atom is -0.456 e. The monoisotopic (exact) mass is 389 g/mol. The van der Waals surface area contributed by atoms with Crippen LogP contribution in [0.25, 0.3) is 0 Å². The number of morpholine rings is 1. The van der Waals surface area contributed by atoms with E-state index < -0.39 is 0 Å². The van der Waals surface area contributed by atoms with E-state index in [2.05, 4.69) is 21.3 Å². The van der Waals surface area contributed by atoms with Crippen LogP contribution in [0.2, 0.25) is 0 Å². The molecule has 2 heterocycles. The summed E-state index contributed by atoms with van der Waals surface area (Å²) in [5.74, 6) is 1.15. The molecule has 1 aliphatic rings. The molecule has 6 heteroatoms. The highest BCUT2D eigenvalue weighted by Crippen LogP contribution is 2.25. The Kier molecular flexibility index (Phi) is 5.72. The fourth-order valence-electron chi connectivity index (χ4n) is 3.22. The number of benzene rings is 2. The molecule has 1 fully saturated rings. The second-order valence-electron chi connectivity index (χ2n) is 6.87. The molecule has 1 saturated heterocycles. The minimum atomic E-state index is -0.153. The highest BCUT2D eigenvalue weighted by atomic mass is 16.5. The van der Waals surface area contributed by atoms with Gasteiger partial charge in [0.2, 0.25) is 0 Å². The predicted molar refractivity (Wildman–Crippen MR) is 113 cm³/mol. The zero-order valence-corrected chi connectivity index (χ0v) is 16.3. The van der Waals surface area contributed by atoms with Crippen LogP contribution in [0.5, 0.6) is 11.5 Å². The van der Waals surface area contributed by atoms with Crippen molar-refractivity contribution >= 4 is 17.3 Å². The molecule has 0 spiro atoms. The maximum Gasteiger partial charge on any atom is 0.255 e. The van der Waals surface area contributed by atoms with E-state index in [1.165, 1.54) is 0 Å². The first kappa shape index (κ1) is 19.0. The topological polar surface area (TPSA) is 63.7 Å². The lowest BCUT2D eigenvalue weighted by Crippen LogP contribution is -2.36. The number of rotatable bonds is 5. The molecule has 0 saturated carbocycles. The molecule has 4 rings (SSSR count). The third-order valence-electron chi connectivity index (χ3n) is 4.82. The number of nitrogens with one attached hydrogen (secondary N) is 1. The van der Waals surface area contributed by atoms with Gasteiger partial charge in [0, 0.05) is 36.2 Å². The van der Waals surface area contributed by atoms with Gasteiger partial charge in [-0.3, -0.25) is 9.78 Å². The number of aryl methyl sites for hydroxylation is 1. The lowest BCUT2D eigenvalue weighted by atomic mass is 10.1. The highest BCUT2D eigenvalue weighted by Gasteiger charge is 2.13. The van der Waals surface area contributed by atoms with E-state index in [0.717, 1.165) is 43.2 Å². The zero-order chi connectivity index (χ0) is 20.1.